The van der Waals surface area contributed by atoms with Crippen molar-refractivity contribution in [1.29, 1.82) is 0 Å². The molecule has 0 radical (unpaired) electrons. The van der Waals surface area contributed by atoms with Gasteiger partial charge in [0.1, 0.15) is 0 Å². The van der Waals surface area contributed by atoms with E-state index in [4.69, 9.17) is 11.5 Å². The van der Waals surface area contributed by atoms with Crippen LogP contribution in [0.3, 0.4) is 0 Å². The Bertz CT molecular complexity index is 375. The molecule has 1 aromatic rings. The average Bonchev–Trinajstić information content (AvgIpc) is 1.94. The summed E-state index contributed by atoms with van der Waals surface area (Å²) < 4.78 is 0. The molecule has 0 aliphatic carbocycles. The summed E-state index contributed by atoms with van der Waals surface area (Å²) >= 11 is 0. The van der Waals surface area contributed by atoms with Crippen LogP contribution in [0.2, 0.25) is 0 Å². The fourth-order valence-corrected chi connectivity index (χ4v) is 1.18. The van der Waals surface area contributed by atoms with Gasteiger partial charge < -0.3 is 11.5 Å². The van der Waals surface area contributed by atoms with E-state index in [-0.39, 0.29) is 11.5 Å². The largest absolute Gasteiger partial charge is 0.369 e. The number of aromatic amines is 1. The van der Waals surface area contributed by atoms with Crippen LogP contribution in [0, 0.1) is 6.92 Å². The molecule has 1 aromatic heterocycles. The summed E-state index contributed by atoms with van der Waals surface area (Å²) in [4.78, 5) is 17.7. The first-order valence-electron chi connectivity index (χ1n) is 3.98. The van der Waals surface area contributed by atoms with Gasteiger partial charge >= 0.3 is 0 Å². The third kappa shape index (κ3) is 1.86. The molecule has 0 saturated carbocycles. The van der Waals surface area contributed by atoms with Crippen LogP contribution < -0.4 is 17.0 Å². The van der Waals surface area contributed by atoms with Crippen LogP contribution in [0.25, 0.3) is 0 Å². The van der Waals surface area contributed by atoms with Crippen LogP contribution >= 0.6 is 0 Å². The van der Waals surface area contributed by atoms with Gasteiger partial charge in [-0.15, -0.1) is 0 Å². The van der Waals surface area contributed by atoms with E-state index in [1.54, 1.807) is 20.8 Å². The van der Waals surface area contributed by atoms with Crippen molar-refractivity contribution in [3.63, 3.8) is 0 Å². The molecule has 0 spiro atoms. The highest BCUT2D eigenvalue weighted by Crippen LogP contribution is 2.15. The van der Waals surface area contributed by atoms with Gasteiger partial charge in [-0.1, -0.05) is 0 Å². The number of nitrogens with zero attached hydrogens (tertiary/aromatic N) is 1. The third-order valence-corrected chi connectivity index (χ3v) is 1.78. The summed E-state index contributed by atoms with van der Waals surface area (Å²) in [7, 11) is 0. The Morgan fingerprint density at radius 1 is 1.46 bits per heavy atom. The van der Waals surface area contributed by atoms with Gasteiger partial charge in [0.2, 0.25) is 5.95 Å². The van der Waals surface area contributed by atoms with Gasteiger partial charge in [-0.2, -0.15) is 0 Å². The van der Waals surface area contributed by atoms with Crippen LogP contribution in [0.4, 0.5) is 5.95 Å². The Kier molecular flexibility index (Phi) is 2.13. The van der Waals surface area contributed by atoms with E-state index in [1.807, 2.05) is 0 Å². The van der Waals surface area contributed by atoms with E-state index >= 15 is 0 Å². The highest BCUT2D eigenvalue weighted by molar-refractivity contribution is 5.28. The highest BCUT2D eigenvalue weighted by Gasteiger charge is 2.20. The van der Waals surface area contributed by atoms with Crippen molar-refractivity contribution >= 4 is 5.95 Å². The quantitative estimate of drug-likeness (QED) is 0.562. The SMILES string of the molecule is Cc1c(C(C)(C)N)nc(N)[nH]c1=O. The molecule has 0 amide bonds. The monoisotopic (exact) mass is 182 g/mol. The molecule has 0 aromatic carbocycles. The standard InChI is InChI=1S/C8H14N4O/c1-4-5(8(2,3)10)11-7(9)12-6(4)13/h10H2,1-3H3,(H3,9,11,12,13). The van der Waals surface area contributed by atoms with Gasteiger partial charge in [-0.3, -0.25) is 9.78 Å². The van der Waals surface area contributed by atoms with E-state index in [0.29, 0.717) is 11.3 Å². The Hall–Kier alpha value is -1.36. The van der Waals surface area contributed by atoms with E-state index in [9.17, 15) is 4.79 Å². The second-order valence-corrected chi connectivity index (χ2v) is 3.65. The maximum Gasteiger partial charge on any atom is 0.255 e. The number of rotatable bonds is 1. The second-order valence-electron chi connectivity index (χ2n) is 3.65. The van der Waals surface area contributed by atoms with Crippen LogP contribution in [0.15, 0.2) is 4.79 Å². The summed E-state index contributed by atoms with van der Waals surface area (Å²) in [6.45, 7) is 5.23. The summed E-state index contributed by atoms with van der Waals surface area (Å²) in [5, 5.41) is 0. The van der Waals surface area contributed by atoms with Crippen molar-refractivity contribution < 1.29 is 0 Å². The zero-order chi connectivity index (χ0) is 10.2. The first kappa shape index (κ1) is 9.73. The molecule has 1 rings (SSSR count). The van der Waals surface area contributed by atoms with Crippen LogP contribution in [-0.4, -0.2) is 9.97 Å². The lowest BCUT2D eigenvalue weighted by molar-refractivity contribution is 0.529. The van der Waals surface area contributed by atoms with Crippen molar-refractivity contribution in [3.8, 4) is 0 Å². The fraction of sp³-hybridized carbons (Fsp3) is 0.500. The molecular formula is C8H14N4O. The molecule has 1 heterocycles. The average molecular weight is 182 g/mol. The molecule has 5 heteroatoms. The van der Waals surface area contributed by atoms with E-state index < -0.39 is 5.54 Å². The molecule has 13 heavy (non-hydrogen) atoms. The molecule has 5 N–H and O–H groups in total. The summed E-state index contributed by atoms with van der Waals surface area (Å²) in [6, 6.07) is 0. The van der Waals surface area contributed by atoms with Gasteiger partial charge in [0, 0.05) is 5.56 Å². The minimum atomic E-state index is -0.646. The maximum atomic E-state index is 11.3. The van der Waals surface area contributed by atoms with Crippen LogP contribution in [0.1, 0.15) is 25.1 Å². The van der Waals surface area contributed by atoms with Gasteiger partial charge in [-0.25, -0.2) is 4.98 Å². The molecule has 0 aliphatic heterocycles. The number of nitrogens with one attached hydrogen (secondary N) is 1. The van der Waals surface area contributed by atoms with Gasteiger partial charge in [0.25, 0.3) is 5.56 Å². The number of H-pyrrole nitrogens is 1. The first-order chi connectivity index (χ1) is 5.82. The minimum absolute atomic E-state index is 0.101. The summed E-state index contributed by atoms with van der Waals surface area (Å²) in [6.07, 6.45) is 0. The zero-order valence-electron chi connectivity index (χ0n) is 8.01. The highest BCUT2D eigenvalue weighted by atomic mass is 16.1. The number of anilines is 1. The molecule has 0 aliphatic rings. The normalized spacial score (nSPS) is 11.7. The number of nitrogens with two attached hydrogens (primary N) is 2. The number of nitrogen functional groups attached to an aromatic ring is 1. The van der Waals surface area contributed by atoms with Gasteiger partial charge in [0.05, 0.1) is 11.2 Å². The smallest absolute Gasteiger partial charge is 0.255 e. The van der Waals surface area contributed by atoms with E-state index in [0.717, 1.165) is 0 Å². The molecule has 0 atom stereocenters. The topological polar surface area (TPSA) is 97.8 Å². The second kappa shape index (κ2) is 2.85. The van der Waals surface area contributed by atoms with Crippen molar-refractivity contribution in [2.24, 2.45) is 5.73 Å². The predicted octanol–water partition coefficient (Wildman–Crippen LogP) is -0.146. The number of hydrogen-bond donors (Lipinski definition) is 3. The lowest BCUT2D eigenvalue weighted by Gasteiger charge is -2.19. The number of hydrogen-bond acceptors (Lipinski definition) is 4. The third-order valence-electron chi connectivity index (χ3n) is 1.78. The molecule has 72 valence electrons. The number of aromatic nitrogens is 2. The van der Waals surface area contributed by atoms with E-state index in [2.05, 4.69) is 9.97 Å². The van der Waals surface area contributed by atoms with Crippen molar-refractivity contribution in [2.75, 3.05) is 5.73 Å². The van der Waals surface area contributed by atoms with Crippen LogP contribution in [-0.2, 0) is 5.54 Å². The predicted molar refractivity (Wildman–Crippen MR) is 51.2 cm³/mol. The lowest BCUT2D eigenvalue weighted by atomic mass is 9.98. The first-order valence-corrected chi connectivity index (χ1v) is 3.98. The lowest BCUT2D eigenvalue weighted by Crippen LogP contribution is -2.34. The Balaban J connectivity index is 3.46. The zero-order valence-corrected chi connectivity index (χ0v) is 8.01. The fourth-order valence-electron chi connectivity index (χ4n) is 1.18. The molecule has 0 saturated heterocycles. The Morgan fingerprint density at radius 3 is 2.46 bits per heavy atom. The maximum absolute atomic E-state index is 11.3. The summed E-state index contributed by atoms with van der Waals surface area (Å²) in [5.74, 6) is 0.101. The molecular weight excluding hydrogens is 168 g/mol. The van der Waals surface area contributed by atoms with Crippen molar-refractivity contribution in [2.45, 2.75) is 26.3 Å². The van der Waals surface area contributed by atoms with Gasteiger partial charge in [-0.05, 0) is 20.8 Å². The van der Waals surface area contributed by atoms with Crippen molar-refractivity contribution in [1.82, 2.24) is 9.97 Å². The van der Waals surface area contributed by atoms with E-state index in [1.165, 1.54) is 0 Å². The summed E-state index contributed by atoms with van der Waals surface area (Å²) in [5.41, 5.74) is 11.4. The molecule has 0 bridgehead atoms. The minimum Gasteiger partial charge on any atom is -0.369 e. The Labute approximate surface area is 76.2 Å². The van der Waals surface area contributed by atoms with Crippen LogP contribution in [0.5, 0.6) is 0 Å². The molecule has 0 fully saturated rings. The molecule has 5 nitrogen and oxygen atoms in total. The van der Waals surface area contributed by atoms with Gasteiger partial charge in [0.15, 0.2) is 0 Å². The Morgan fingerprint density at radius 2 is 2.00 bits per heavy atom. The van der Waals surface area contributed by atoms with Crippen molar-refractivity contribution in [3.05, 3.63) is 21.6 Å². The molecule has 0 unspecified atom stereocenters.